The van der Waals surface area contributed by atoms with Crippen LogP contribution in [0, 0.1) is 6.92 Å². The van der Waals surface area contributed by atoms with Crippen molar-refractivity contribution in [3.63, 3.8) is 0 Å². The Bertz CT molecular complexity index is 865. The van der Waals surface area contributed by atoms with Crippen LogP contribution in [0.2, 0.25) is 0 Å². The largest absolute Gasteiger partial charge is 0.353 e. The van der Waals surface area contributed by atoms with Crippen LogP contribution in [0.3, 0.4) is 0 Å². The van der Waals surface area contributed by atoms with Crippen LogP contribution >= 0.6 is 23.1 Å². The lowest BCUT2D eigenvalue weighted by Crippen LogP contribution is -2.49. The number of benzene rings is 1. The summed E-state index contributed by atoms with van der Waals surface area (Å²) in [5.74, 6) is 0.517. The molecule has 30 heavy (non-hydrogen) atoms. The number of nitrogens with zero attached hydrogens (tertiary/aromatic N) is 2. The third kappa shape index (κ3) is 4.74. The number of rotatable bonds is 6. The maximum absolute atomic E-state index is 13.5. The first-order valence-electron chi connectivity index (χ1n) is 10.7. The molecule has 2 aliphatic rings. The van der Waals surface area contributed by atoms with E-state index in [1.54, 1.807) is 28.0 Å². The summed E-state index contributed by atoms with van der Waals surface area (Å²) < 4.78 is 0. The van der Waals surface area contributed by atoms with Crippen LogP contribution in [0.1, 0.15) is 45.4 Å². The summed E-state index contributed by atoms with van der Waals surface area (Å²) in [6, 6.07) is 11.2. The van der Waals surface area contributed by atoms with Crippen LogP contribution in [0.25, 0.3) is 0 Å². The molecule has 1 N–H and O–H groups in total. The number of amides is 2. The van der Waals surface area contributed by atoms with E-state index in [0.717, 1.165) is 30.1 Å². The van der Waals surface area contributed by atoms with Gasteiger partial charge < -0.3 is 15.1 Å². The molecular formula is C23H29N3O2S2. The smallest absolute Gasteiger partial charge is 0.256 e. The van der Waals surface area contributed by atoms with Gasteiger partial charge in [-0.15, -0.1) is 23.1 Å². The van der Waals surface area contributed by atoms with E-state index in [-0.39, 0.29) is 17.2 Å². The molecule has 1 aromatic heterocycles. The highest BCUT2D eigenvalue weighted by Crippen LogP contribution is 2.44. The molecule has 2 unspecified atom stereocenters. The number of hydrogen-bond donors (Lipinski definition) is 1. The summed E-state index contributed by atoms with van der Waals surface area (Å²) >= 11 is 3.32. The topological polar surface area (TPSA) is 52.7 Å². The summed E-state index contributed by atoms with van der Waals surface area (Å²) in [5, 5.41) is 5.01. The van der Waals surface area contributed by atoms with Crippen molar-refractivity contribution in [1.29, 1.82) is 0 Å². The van der Waals surface area contributed by atoms with Gasteiger partial charge in [0.15, 0.2) is 0 Å². The number of carbonyl (C=O) groups excluding carboxylic acids is 2. The summed E-state index contributed by atoms with van der Waals surface area (Å²) in [5.41, 5.74) is 1.61. The van der Waals surface area contributed by atoms with Gasteiger partial charge in [-0.2, -0.15) is 0 Å². The quantitative estimate of drug-likeness (QED) is 0.735. The number of thiophene rings is 1. The van der Waals surface area contributed by atoms with Crippen LogP contribution in [0.15, 0.2) is 41.8 Å². The molecule has 2 saturated heterocycles. The van der Waals surface area contributed by atoms with Gasteiger partial charge in [0.05, 0.1) is 0 Å². The van der Waals surface area contributed by atoms with E-state index < -0.39 is 6.04 Å². The zero-order valence-electron chi connectivity index (χ0n) is 17.4. The number of aryl methyl sites for hydroxylation is 1. The van der Waals surface area contributed by atoms with Gasteiger partial charge in [-0.25, -0.2) is 0 Å². The molecular weight excluding hydrogens is 414 g/mol. The highest BCUT2D eigenvalue weighted by Gasteiger charge is 2.43. The Morgan fingerprint density at radius 3 is 2.63 bits per heavy atom. The van der Waals surface area contributed by atoms with E-state index >= 15 is 0 Å². The van der Waals surface area contributed by atoms with Crippen molar-refractivity contribution in [1.82, 2.24) is 15.1 Å². The Balaban J connectivity index is 1.48. The second-order valence-electron chi connectivity index (χ2n) is 7.94. The maximum atomic E-state index is 13.5. The zero-order chi connectivity index (χ0) is 20.9. The normalized spacial score (nSPS) is 22.2. The molecule has 2 atom stereocenters. The summed E-state index contributed by atoms with van der Waals surface area (Å²) in [6.45, 7) is 5.70. The van der Waals surface area contributed by atoms with Gasteiger partial charge in [0.25, 0.3) is 5.91 Å². The second kappa shape index (κ2) is 9.98. The zero-order valence-corrected chi connectivity index (χ0v) is 19.0. The lowest BCUT2D eigenvalue weighted by molar-refractivity contribution is -0.124. The molecule has 160 valence electrons. The van der Waals surface area contributed by atoms with E-state index in [0.29, 0.717) is 17.9 Å². The molecule has 1 aromatic carbocycles. The molecule has 2 aromatic rings. The van der Waals surface area contributed by atoms with Crippen LogP contribution in [0.5, 0.6) is 0 Å². The first-order chi connectivity index (χ1) is 14.6. The highest BCUT2D eigenvalue weighted by molar-refractivity contribution is 7.99. The van der Waals surface area contributed by atoms with Gasteiger partial charge >= 0.3 is 0 Å². The number of carbonyl (C=O) groups is 2. The van der Waals surface area contributed by atoms with Crippen molar-refractivity contribution in [2.45, 2.75) is 37.6 Å². The third-order valence-corrected chi connectivity index (χ3v) is 8.25. The van der Waals surface area contributed by atoms with Crippen molar-refractivity contribution in [2.24, 2.45) is 0 Å². The average Bonchev–Trinajstić information content (AvgIpc) is 3.44. The fourth-order valence-electron chi connectivity index (χ4n) is 4.20. The van der Waals surface area contributed by atoms with E-state index in [2.05, 4.69) is 16.3 Å². The van der Waals surface area contributed by atoms with Crippen LogP contribution in [0.4, 0.5) is 0 Å². The second-order valence-corrected chi connectivity index (χ2v) is 10.0. The van der Waals surface area contributed by atoms with Crippen molar-refractivity contribution >= 4 is 34.9 Å². The predicted octanol–water partition coefficient (Wildman–Crippen LogP) is 3.92. The van der Waals surface area contributed by atoms with Crippen molar-refractivity contribution < 1.29 is 9.59 Å². The van der Waals surface area contributed by atoms with Crippen LogP contribution in [-0.2, 0) is 4.79 Å². The van der Waals surface area contributed by atoms with Crippen molar-refractivity contribution in [3.05, 3.63) is 57.8 Å². The Morgan fingerprint density at radius 1 is 1.10 bits per heavy atom. The molecule has 5 nitrogen and oxygen atoms in total. The Morgan fingerprint density at radius 2 is 1.90 bits per heavy atom. The molecule has 0 radical (unpaired) electrons. The average molecular weight is 444 g/mol. The summed E-state index contributed by atoms with van der Waals surface area (Å²) in [6.07, 6.45) is 3.80. The maximum Gasteiger partial charge on any atom is 0.256 e. The predicted molar refractivity (Wildman–Crippen MR) is 124 cm³/mol. The molecule has 2 amide bonds. The minimum Gasteiger partial charge on any atom is -0.353 e. The minimum atomic E-state index is -0.449. The molecule has 2 aliphatic heterocycles. The first kappa shape index (κ1) is 21.4. The Hall–Kier alpha value is -1.83. The molecule has 2 fully saturated rings. The van der Waals surface area contributed by atoms with Crippen molar-refractivity contribution in [2.75, 3.05) is 31.9 Å². The standard InChI is InChI=1S/C23H29N3O2S2/c1-17-8-3-4-9-18(17)22(28)26-19(16-30-23(26)20-10-7-15-29-20)21(27)24-11-14-25-12-5-2-6-13-25/h3-4,7-10,15,19,23H,2,5-6,11-14,16H2,1H3,(H,24,27). The minimum absolute atomic E-state index is 0.0412. The van der Waals surface area contributed by atoms with E-state index in [4.69, 9.17) is 0 Å². The molecule has 0 spiro atoms. The Labute approximate surface area is 186 Å². The van der Waals surface area contributed by atoms with E-state index in [1.807, 2.05) is 42.6 Å². The number of thioether (sulfide) groups is 1. The molecule has 0 aliphatic carbocycles. The van der Waals surface area contributed by atoms with Gasteiger partial charge in [-0.05, 0) is 55.9 Å². The van der Waals surface area contributed by atoms with Gasteiger partial charge in [0.1, 0.15) is 11.4 Å². The number of hydrogen-bond acceptors (Lipinski definition) is 5. The third-order valence-electron chi connectivity index (χ3n) is 5.88. The van der Waals surface area contributed by atoms with Gasteiger partial charge in [-0.3, -0.25) is 9.59 Å². The van der Waals surface area contributed by atoms with Crippen LogP contribution in [-0.4, -0.2) is 59.6 Å². The number of piperidine rings is 1. The molecule has 0 saturated carbocycles. The molecule has 7 heteroatoms. The summed E-state index contributed by atoms with van der Waals surface area (Å²) in [4.78, 5) is 32.0. The van der Waals surface area contributed by atoms with Crippen molar-refractivity contribution in [3.8, 4) is 0 Å². The molecule has 0 bridgehead atoms. The monoisotopic (exact) mass is 443 g/mol. The lowest BCUT2D eigenvalue weighted by atomic mass is 10.1. The van der Waals surface area contributed by atoms with Gasteiger partial charge in [0.2, 0.25) is 5.91 Å². The summed E-state index contributed by atoms with van der Waals surface area (Å²) in [7, 11) is 0. The number of likely N-dealkylation sites (tertiary alicyclic amines) is 1. The van der Waals surface area contributed by atoms with Crippen LogP contribution < -0.4 is 5.32 Å². The first-order valence-corrected chi connectivity index (χ1v) is 12.6. The highest BCUT2D eigenvalue weighted by atomic mass is 32.2. The lowest BCUT2D eigenvalue weighted by Gasteiger charge is -2.30. The van der Waals surface area contributed by atoms with Gasteiger partial charge in [0, 0.05) is 29.3 Å². The SMILES string of the molecule is Cc1ccccc1C(=O)N1C(C(=O)NCCN2CCCCC2)CSC1c1cccs1. The fourth-order valence-corrected chi connectivity index (χ4v) is 6.59. The van der Waals surface area contributed by atoms with Gasteiger partial charge in [-0.1, -0.05) is 30.7 Å². The molecule has 4 rings (SSSR count). The van der Waals surface area contributed by atoms with E-state index in [9.17, 15) is 9.59 Å². The fraction of sp³-hybridized carbons (Fsp3) is 0.478. The Kier molecular flexibility index (Phi) is 7.12. The molecule has 3 heterocycles. The number of nitrogens with one attached hydrogen (secondary N) is 1. The van der Waals surface area contributed by atoms with E-state index in [1.165, 1.54) is 19.3 Å².